The largest absolute Gasteiger partial charge is 0.339 e. The number of sulfonamides is 1. The first-order valence-corrected chi connectivity index (χ1v) is 18.3. The van der Waals surface area contributed by atoms with Crippen LogP contribution in [0.4, 0.5) is 0 Å². The Hall–Kier alpha value is -3.41. The molecule has 0 bridgehead atoms. The molecule has 1 aliphatic carbocycles. The minimum Gasteiger partial charge on any atom is -0.339 e. The highest BCUT2D eigenvalue weighted by molar-refractivity contribution is 7.91. The maximum absolute atomic E-state index is 13.8. The Morgan fingerprint density at radius 3 is 2.59 bits per heavy atom. The van der Waals surface area contributed by atoms with E-state index in [2.05, 4.69) is 33.2 Å². The van der Waals surface area contributed by atoms with E-state index < -0.39 is 10.0 Å². The average molecular weight is 674 g/mol. The highest BCUT2D eigenvalue weighted by Gasteiger charge is 2.57. The Kier molecular flexibility index (Phi) is 8.82. The Balaban J connectivity index is 1.01. The summed E-state index contributed by atoms with van der Waals surface area (Å²) in [4.78, 5) is 12.4. The van der Waals surface area contributed by atoms with Gasteiger partial charge in [-0.1, -0.05) is 65.3 Å². The molecule has 7 rings (SSSR count). The summed E-state index contributed by atoms with van der Waals surface area (Å²) in [5.41, 5.74) is 2.73. The van der Waals surface area contributed by atoms with Crippen molar-refractivity contribution in [3.05, 3.63) is 119 Å². The maximum atomic E-state index is 13.8. The molecule has 2 atom stereocenters. The van der Waals surface area contributed by atoms with E-state index in [1.165, 1.54) is 21.2 Å². The smallest absolute Gasteiger partial charge is 0.252 e. The highest BCUT2D eigenvalue weighted by Crippen LogP contribution is 2.56. The molecular formula is C35H36ClN5O3S2. The second-order valence-electron chi connectivity index (χ2n) is 12.4. The van der Waals surface area contributed by atoms with E-state index in [1.54, 1.807) is 19.3 Å². The maximum Gasteiger partial charge on any atom is 0.252 e. The summed E-state index contributed by atoms with van der Waals surface area (Å²) in [5.74, 6) is 2.02. The number of aromatic nitrogens is 3. The molecule has 2 aliphatic rings. The molecule has 0 unspecified atom stereocenters. The van der Waals surface area contributed by atoms with Crippen molar-refractivity contribution in [2.24, 2.45) is 5.92 Å². The first-order valence-electron chi connectivity index (χ1n) is 15.6. The molecule has 3 aromatic heterocycles. The fraction of sp³-hybridized carbons (Fsp3) is 0.343. The molecule has 8 nitrogen and oxygen atoms in total. The molecule has 0 radical (unpaired) electrons. The number of halogens is 1. The van der Waals surface area contributed by atoms with Gasteiger partial charge in [-0.25, -0.2) is 8.42 Å². The van der Waals surface area contributed by atoms with Crippen molar-refractivity contribution < 1.29 is 12.9 Å². The molecule has 5 aromatic rings. The van der Waals surface area contributed by atoms with E-state index in [9.17, 15) is 8.42 Å². The molecule has 0 spiro atoms. The third-order valence-corrected chi connectivity index (χ3v) is 13.0. The monoisotopic (exact) mass is 673 g/mol. The van der Waals surface area contributed by atoms with Gasteiger partial charge in [0.25, 0.3) is 10.0 Å². The Labute approximate surface area is 279 Å². The predicted molar refractivity (Wildman–Crippen MR) is 181 cm³/mol. The van der Waals surface area contributed by atoms with Gasteiger partial charge in [-0.3, -0.25) is 4.98 Å². The van der Waals surface area contributed by atoms with Crippen LogP contribution in [0.5, 0.6) is 0 Å². The van der Waals surface area contributed by atoms with Crippen molar-refractivity contribution in [3.8, 4) is 10.6 Å². The van der Waals surface area contributed by atoms with E-state index in [0.717, 1.165) is 66.7 Å². The lowest BCUT2D eigenvalue weighted by atomic mass is 9.92. The van der Waals surface area contributed by atoms with Crippen LogP contribution in [-0.4, -0.2) is 66.0 Å². The summed E-state index contributed by atoms with van der Waals surface area (Å²) in [5, 5.41) is 4.91. The van der Waals surface area contributed by atoms with Crippen molar-refractivity contribution in [3.63, 3.8) is 0 Å². The first-order chi connectivity index (χ1) is 22.3. The first kappa shape index (κ1) is 31.2. The minimum atomic E-state index is -3.70. The zero-order chi connectivity index (χ0) is 31.7. The number of benzene rings is 2. The highest BCUT2D eigenvalue weighted by atomic mass is 35.5. The number of nitrogens with zero attached hydrogens (tertiary/aromatic N) is 5. The van der Waals surface area contributed by atoms with Gasteiger partial charge in [-0.15, -0.1) is 11.3 Å². The topological polar surface area (TPSA) is 92.4 Å². The summed E-state index contributed by atoms with van der Waals surface area (Å²) >= 11 is 7.71. The Morgan fingerprint density at radius 1 is 1.02 bits per heavy atom. The van der Waals surface area contributed by atoms with Crippen LogP contribution < -0.4 is 0 Å². The van der Waals surface area contributed by atoms with Crippen LogP contribution in [0.2, 0.25) is 5.02 Å². The standard InChI is InChI=1S/C35H36ClN5O3S2/c1-40(46(42,43)33-14-13-31(45-33)30-12-5-6-17-37-30)24-35(27-10-7-11-29(36)21-27)22-28(35)23-41-18-15-26(16-19-41)34-38-32(39-44-34)20-25-8-3-2-4-9-25/h2-14,17,21,26,28H,15-16,18-20,22-24H2,1H3/t28-,35+/m0/s1. The number of thiophene rings is 1. The zero-order valence-electron chi connectivity index (χ0n) is 25.6. The van der Waals surface area contributed by atoms with Gasteiger partial charge in [0, 0.05) is 49.1 Å². The number of likely N-dealkylation sites (N-methyl/N-ethyl adjacent to an activating group) is 1. The van der Waals surface area contributed by atoms with Gasteiger partial charge >= 0.3 is 0 Å². The van der Waals surface area contributed by atoms with Gasteiger partial charge in [0.05, 0.1) is 10.6 Å². The zero-order valence-corrected chi connectivity index (χ0v) is 28.0. The van der Waals surface area contributed by atoms with Crippen molar-refractivity contribution >= 4 is 33.0 Å². The van der Waals surface area contributed by atoms with Crippen LogP contribution in [0.15, 0.2) is 99.9 Å². The van der Waals surface area contributed by atoms with Gasteiger partial charge < -0.3 is 9.42 Å². The van der Waals surface area contributed by atoms with E-state index in [-0.39, 0.29) is 11.3 Å². The van der Waals surface area contributed by atoms with Crippen LogP contribution in [0.1, 0.15) is 48.0 Å². The third kappa shape index (κ3) is 6.55. The van der Waals surface area contributed by atoms with Gasteiger partial charge in [0.2, 0.25) is 5.89 Å². The molecule has 1 saturated carbocycles. The summed E-state index contributed by atoms with van der Waals surface area (Å²) in [6.45, 7) is 3.16. The Bertz CT molecular complexity index is 1890. The second kappa shape index (κ2) is 13.0. The quantitative estimate of drug-likeness (QED) is 0.151. The third-order valence-electron chi connectivity index (χ3n) is 9.40. The van der Waals surface area contributed by atoms with E-state index >= 15 is 0 Å². The minimum absolute atomic E-state index is 0.253. The molecule has 1 saturated heterocycles. The summed E-state index contributed by atoms with van der Waals surface area (Å²) in [7, 11) is -2.00. The fourth-order valence-corrected chi connectivity index (χ4v) is 9.68. The normalized spacial score (nSPS) is 20.7. The van der Waals surface area contributed by atoms with E-state index in [0.29, 0.717) is 28.1 Å². The molecule has 2 aromatic carbocycles. The molecule has 0 amide bonds. The van der Waals surface area contributed by atoms with Gasteiger partial charge in [0.15, 0.2) is 5.82 Å². The number of likely N-dealkylation sites (tertiary alicyclic amines) is 1. The number of hydrogen-bond acceptors (Lipinski definition) is 8. The van der Waals surface area contributed by atoms with Crippen molar-refractivity contribution in [1.29, 1.82) is 0 Å². The molecule has 4 heterocycles. The Morgan fingerprint density at radius 2 is 1.83 bits per heavy atom. The molecule has 238 valence electrons. The van der Waals surface area contributed by atoms with E-state index in [1.807, 2.05) is 60.7 Å². The molecular weight excluding hydrogens is 638 g/mol. The SMILES string of the molecule is CN(C[C@@]1(c2cccc(Cl)c2)C[C@H]1CN1CCC(c2nc(Cc3ccccc3)no2)CC1)S(=O)(=O)c1ccc(-c2ccccn2)s1. The number of hydrogen-bond donors (Lipinski definition) is 0. The van der Waals surface area contributed by atoms with Crippen LogP contribution in [0, 0.1) is 5.92 Å². The van der Waals surface area contributed by atoms with Crippen LogP contribution in [-0.2, 0) is 21.9 Å². The summed E-state index contributed by atoms with van der Waals surface area (Å²) in [6.07, 6.45) is 5.19. The molecule has 11 heteroatoms. The average Bonchev–Trinajstić information content (AvgIpc) is 3.40. The van der Waals surface area contributed by atoms with Crippen molar-refractivity contribution in [1.82, 2.24) is 24.3 Å². The van der Waals surface area contributed by atoms with Crippen molar-refractivity contribution in [2.45, 2.75) is 41.2 Å². The van der Waals surface area contributed by atoms with Crippen LogP contribution >= 0.6 is 22.9 Å². The number of rotatable bonds is 11. The van der Waals surface area contributed by atoms with Gasteiger partial charge in [-0.2, -0.15) is 9.29 Å². The lowest BCUT2D eigenvalue weighted by Gasteiger charge is -2.32. The summed E-state index contributed by atoms with van der Waals surface area (Å²) in [6, 6.07) is 27.3. The number of piperidine rings is 1. The van der Waals surface area contributed by atoms with Gasteiger partial charge in [0.1, 0.15) is 4.21 Å². The van der Waals surface area contributed by atoms with Crippen molar-refractivity contribution in [2.75, 3.05) is 33.2 Å². The lowest BCUT2D eigenvalue weighted by molar-refractivity contribution is 0.182. The number of pyridine rings is 1. The predicted octanol–water partition coefficient (Wildman–Crippen LogP) is 6.90. The molecule has 2 fully saturated rings. The van der Waals surface area contributed by atoms with Gasteiger partial charge in [-0.05, 0) is 85.8 Å². The van der Waals surface area contributed by atoms with Crippen LogP contribution in [0.25, 0.3) is 10.6 Å². The fourth-order valence-electron chi connectivity index (χ4n) is 6.76. The second-order valence-corrected chi connectivity index (χ2v) is 16.2. The van der Waals surface area contributed by atoms with Crippen LogP contribution in [0.3, 0.4) is 0 Å². The summed E-state index contributed by atoms with van der Waals surface area (Å²) < 4.78 is 35.2. The molecule has 0 N–H and O–H groups in total. The lowest BCUT2D eigenvalue weighted by Crippen LogP contribution is -2.39. The molecule has 1 aliphatic heterocycles. The molecule has 46 heavy (non-hydrogen) atoms. The van der Waals surface area contributed by atoms with E-state index in [4.69, 9.17) is 21.1 Å².